The molecule has 0 saturated heterocycles. The van der Waals surface area contributed by atoms with Gasteiger partial charge in [-0.05, 0) is 50.1 Å². The Morgan fingerprint density at radius 3 is 2.52 bits per heavy atom. The van der Waals surface area contributed by atoms with E-state index in [1.165, 1.54) is 33.3 Å². The molecule has 0 saturated carbocycles. The summed E-state index contributed by atoms with van der Waals surface area (Å²) in [5.74, 6) is -2.74. The third kappa shape index (κ3) is 3.64. The number of hydrogen-bond acceptors (Lipinski definition) is 7. The van der Waals surface area contributed by atoms with Gasteiger partial charge in [0.1, 0.15) is 22.6 Å². The molecular weight excluding hydrogens is 447 g/mol. The number of benzene rings is 1. The highest BCUT2D eigenvalue weighted by Crippen LogP contribution is 2.45. The van der Waals surface area contributed by atoms with Gasteiger partial charge in [0.15, 0.2) is 11.5 Å². The number of ketones is 2. The number of halogens is 2. The molecule has 0 amide bonds. The van der Waals surface area contributed by atoms with Crippen LogP contribution in [0.15, 0.2) is 47.5 Å². The first-order chi connectivity index (χ1) is 14.6. The van der Waals surface area contributed by atoms with Crippen LogP contribution in [-0.4, -0.2) is 35.4 Å². The lowest BCUT2D eigenvalue weighted by atomic mass is 9.80. The van der Waals surface area contributed by atoms with Crippen molar-refractivity contribution in [2.75, 3.05) is 7.11 Å². The van der Waals surface area contributed by atoms with E-state index in [-0.39, 0.29) is 32.5 Å². The van der Waals surface area contributed by atoms with E-state index in [2.05, 4.69) is 0 Å². The van der Waals surface area contributed by atoms with E-state index < -0.39 is 28.9 Å². The summed E-state index contributed by atoms with van der Waals surface area (Å²) < 4.78 is 15.9. The van der Waals surface area contributed by atoms with Crippen molar-refractivity contribution in [1.82, 2.24) is 0 Å². The van der Waals surface area contributed by atoms with Crippen LogP contribution in [0.5, 0.6) is 11.5 Å². The highest BCUT2D eigenvalue weighted by molar-refractivity contribution is 6.39. The molecule has 9 heteroatoms. The van der Waals surface area contributed by atoms with Gasteiger partial charge in [0.05, 0.1) is 17.7 Å². The maximum absolute atomic E-state index is 13.1. The van der Waals surface area contributed by atoms with Crippen molar-refractivity contribution in [3.63, 3.8) is 0 Å². The number of carbonyl (C=O) groups excluding carboxylic acids is 3. The highest BCUT2D eigenvalue weighted by atomic mass is 35.5. The molecule has 0 bridgehead atoms. The van der Waals surface area contributed by atoms with Crippen molar-refractivity contribution in [1.29, 1.82) is 0 Å². The number of hydrogen-bond donors (Lipinski definition) is 1. The molecule has 0 spiro atoms. The smallest absolute Gasteiger partial charge is 0.343 e. The second kappa shape index (κ2) is 8.24. The fourth-order valence-electron chi connectivity index (χ4n) is 3.21. The van der Waals surface area contributed by atoms with E-state index in [4.69, 9.17) is 37.4 Å². The molecule has 3 rings (SSSR count). The van der Waals surface area contributed by atoms with E-state index >= 15 is 0 Å². The second-order valence-corrected chi connectivity index (χ2v) is 7.68. The van der Waals surface area contributed by atoms with Crippen LogP contribution >= 0.6 is 23.2 Å². The summed E-state index contributed by atoms with van der Waals surface area (Å²) >= 11 is 12.1. The third-order valence-corrected chi connectivity index (χ3v) is 5.75. The van der Waals surface area contributed by atoms with Gasteiger partial charge in [0.2, 0.25) is 17.2 Å². The number of rotatable bonds is 4. The molecule has 2 aliphatic rings. The summed E-state index contributed by atoms with van der Waals surface area (Å²) in [5.41, 5.74) is -1.80. The van der Waals surface area contributed by atoms with Crippen LogP contribution in [0.1, 0.15) is 29.8 Å². The van der Waals surface area contributed by atoms with Gasteiger partial charge in [-0.25, -0.2) is 4.79 Å². The van der Waals surface area contributed by atoms with Crippen LogP contribution in [0.3, 0.4) is 0 Å². The van der Waals surface area contributed by atoms with Crippen LogP contribution in [0, 0.1) is 6.92 Å². The molecule has 1 aliphatic carbocycles. The summed E-state index contributed by atoms with van der Waals surface area (Å²) in [6.45, 7) is 4.43. The average molecular weight is 465 g/mol. The predicted molar refractivity (Wildman–Crippen MR) is 113 cm³/mol. The van der Waals surface area contributed by atoms with Crippen molar-refractivity contribution in [3.05, 3.63) is 68.6 Å². The third-order valence-electron chi connectivity index (χ3n) is 4.94. The first-order valence-electron chi connectivity index (χ1n) is 9.07. The predicted octanol–water partition coefficient (Wildman–Crippen LogP) is 4.38. The van der Waals surface area contributed by atoms with E-state index in [1.807, 2.05) is 0 Å². The molecule has 31 heavy (non-hydrogen) atoms. The minimum absolute atomic E-state index is 0.0913. The monoisotopic (exact) mass is 464 g/mol. The van der Waals surface area contributed by atoms with Gasteiger partial charge in [-0.2, -0.15) is 0 Å². The molecule has 1 N–H and O–H groups in total. The number of fused-ring (bicyclic) bond motifs is 1. The number of ether oxygens (including phenoxy) is 3. The Labute approximate surface area is 188 Å². The van der Waals surface area contributed by atoms with Crippen molar-refractivity contribution in [3.8, 4) is 11.5 Å². The Balaban J connectivity index is 2.04. The van der Waals surface area contributed by atoms with Crippen molar-refractivity contribution >= 4 is 40.7 Å². The maximum atomic E-state index is 13.1. The van der Waals surface area contributed by atoms with E-state index in [1.54, 1.807) is 25.2 Å². The molecular formula is C22H18Cl2O7. The number of allylic oxidation sites excluding steroid dienone is 4. The minimum atomic E-state index is -2.14. The van der Waals surface area contributed by atoms with E-state index in [0.717, 1.165) is 0 Å². The first-order valence-corrected chi connectivity index (χ1v) is 9.82. The molecule has 162 valence electrons. The molecule has 1 aromatic carbocycles. The zero-order valence-corrected chi connectivity index (χ0v) is 18.6. The molecule has 1 aliphatic heterocycles. The molecule has 1 unspecified atom stereocenters. The lowest BCUT2D eigenvalue weighted by molar-refractivity contribution is -0.145. The van der Waals surface area contributed by atoms with Crippen LogP contribution < -0.4 is 4.74 Å². The Bertz CT molecular complexity index is 1140. The summed E-state index contributed by atoms with van der Waals surface area (Å²) in [6, 6.07) is 0. The Morgan fingerprint density at radius 1 is 1.23 bits per heavy atom. The summed E-state index contributed by atoms with van der Waals surface area (Å²) in [5, 5.41) is 9.52. The molecule has 0 aromatic heterocycles. The number of Topliss-reactive ketones (excluding diaryl/α,β-unsaturated/α-hetero) is 1. The quantitative estimate of drug-likeness (QED) is 0.520. The molecule has 0 fully saturated rings. The van der Waals surface area contributed by atoms with Crippen molar-refractivity contribution in [2.45, 2.75) is 26.4 Å². The Kier molecular flexibility index (Phi) is 6.02. The van der Waals surface area contributed by atoms with Crippen molar-refractivity contribution in [2.24, 2.45) is 0 Å². The van der Waals surface area contributed by atoms with Gasteiger partial charge in [-0.3, -0.25) is 9.59 Å². The Morgan fingerprint density at radius 2 is 1.90 bits per heavy atom. The minimum Gasteiger partial charge on any atom is -0.505 e. The standard InChI is InChI=1S/C22H18Cl2O7/c1-5-6-12-7-11-8-14(25)22(3,20(27)13(11)9-30-12)31-21(28)15-10(2)16(23)18(26)17(24)19(15)29-4/h5-9,26H,1-4H3. The van der Waals surface area contributed by atoms with Gasteiger partial charge in [0.25, 0.3) is 0 Å². The zero-order chi connectivity index (χ0) is 23.1. The normalized spacial score (nSPS) is 20.5. The van der Waals surface area contributed by atoms with Crippen LogP contribution in [0.25, 0.3) is 0 Å². The molecule has 0 radical (unpaired) electrons. The summed E-state index contributed by atoms with van der Waals surface area (Å²) in [7, 11) is 1.23. The zero-order valence-electron chi connectivity index (χ0n) is 17.0. The number of aromatic hydroxyl groups is 1. The van der Waals surface area contributed by atoms with Gasteiger partial charge in [-0.1, -0.05) is 29.3 Å². The lowest BCUT2D eigenvalue weighted by Crippen LogP contribution is -2.50. The van der Waals surface area contributed by atoms with E-state index in [0.29, 0.717) is 11.3 Å². The van der Waals surface area contributed by atoms with Gasteiger partial charge in [-0.15, -0.1) is 0 Å². The SMILES string of the molecule is CC=CC1=CC2=CC(=O)C(C)(OC(=O)c3c(C)c(Cl)c(O)c(Cl)c3OC)C(=O)C2=CO1. The largest absolute Gasteiger partial charge is 0.505 e. The number of phenols is 1. The molecule has 1 atom stereocenters. The lowest BCUT2D eigenvalue weighted by Gasteiger charge is -2.31. The number of phenolic OH excluding ortho intramolecular Hbond substituents is 1. The summed E-state index contributed by atoms with van der Waals surface area (Å²) in [4.78, 5) is 38.9. The fourth-order valence-corrected chi connectivity index (χ4v) is 3.71. The fraction of sp³-hybridized carbons (Fsp3) is 0.227. The molecule has 1 aromatic rings. The number of carbonyl (C=O) groups is 3. The van der Waals surface area contributed by atoms with Crippen LogP contribution in [-0.2, 0) is 19.1 Å². The van der Waals surface area contributed by atoms with Gasteiger partial charge >= 0.3 is 5.97 Å². The first kappa shape index (κ1) is 22.7. The Hall–Kier alpha value is -3.03. The maximum Gasteiger partial charge on any atom is 0.343 e. The van der Waals surface area contributed by atoms with Crippen molar-refractivity contribution < 1.29 is 33.7 Å². The topological polar surface area (TPSA) is 99.1 Å². The van der Waals surface area contributed by atoms with E-state index in [9.17, 15) is 19.5 Å². The highest BCUT2D eigenvalue weighted by Gasteiger charge is 2.50. The van der Waals surface area contributed by atoms with Gasteiger partial charge < -0.3 is 19.3 Å². The average Bonchev–Trinajstić information content (AvgIpc) is 2.73. The van der Waals surface area contributed by atoms with Gasteiger partial charge in [0, 0.05) is 0 Å². The van der Waals surface area contributed by atoms with Crippen LogP contribution in [0.4, 0.5) is 0 Å². The van der Waals surface area contributed by atoms with Crippen LogP contribution in [0.2, 0.25) is 10.0 Å². The number of methoxy groups -OCH3 is 1. The second-order valence-electron chi connectivity index (χ2n) is 6.92. The molecule has 7 nitrogen and oxygen atoms in total. The molecule has 1 heterocycles. The summed E-state index contributed by atoms with van der Waals surface area (Å²) in [6.07, 6.45) is 7.38. The number of esters is 1.